The Bertz CT molecular complexity index is 515. The lowest BCUT2D eigenvalue weighted by atomic mass is 9.57. The first-order valence-electron chi connectivity index (χ1n) is 8.81. The van der Waals surface area contributed by atoms with E-state index in [2.05, 4.69) is 44.5 Å². The summed E-state index contributed by atoms with van der Waals surface area (Å²) in [5, 5.41) is 10.7. The van der Waals surface area contributed by atoms with Crippen LogP contribution in [0, 0.1) is 11.8 Å². The Morgan fingerprint density at radius 2 is 1.79 bits per heavy atom. The summed E-state index contributed by atoms with van der Waals surface area (Å²) in [5.41, 5.74) is 1.01. The van der Waals surface area contributed by atoms with E-state index >= 15 is 0 Å². The number of aliphatic hydroxyl groups excluding tert-OH is 1. The lowest BCUT2D eigenvalue weighted by molar-refractivity contribution is -0.00271. The summed E-state index contributed by atoms with van der Waals surface area (Å²) in [6.07, 6.45) is 2.06. The molecule has 1 aromatic rings. The Hall–Kier alpha value is -0.260. The molecule has 1 fully saturated rings. The molecule has 5 heteroatoms. The molecule has 1 aromatic carbocycles. The van der Waals surface area contributed by atoms with Gasteiger partial charge in [-0.05, 0) is 48.8 Å². The standard InChI is InChI=1S/C19H30ClNO2S/c1-13(2)9-18(21-24(23)12-14(3)4)19(10-17(22)11-19)15-5-7-16(20)8-6-15/h5-8,13-14,17-18,21-22H,9-12H2,1-4H3/t17?,18-,19?,24?/m1/s1. The van der Waals surface area contributed by atoms with Gasteiger partial charge in [0.2, 0.25) is 0 Å². The first-order valence-corrected chi connectivity index (χ1v) is 10.5. The third kappa shape index (κ3) is 4.89. The van der Waals surface area contributed by atoms with Crippen molar-refractivity contribution in [1.82, 2.24) is 4.72 Å². The predicted octanol–water partition coefficient (Wildman–Crippen LogP) is 4.06. The van der Waals surface area contributed by atoms with E-state index in [1.165, 1.54) is 5.56 Å². The average Bonchev–Trinajstić information content (AvgIpc) is 2.42. The fourth-order valence-corrected chi connectivity index (χ4v) is 5.12. The van der Waals surface area contributed by atoms with Gasteiger partial charge in [-0.3, -0.25) is 0 Å². The Kier molecular flexibility index (Phi) is 7.03. The number of benzene rings is 1. The van der Waals surface area contributed by atoms with Gasteiger partial charge in [-0.2, -0.15) is 0 Å². The maximum atomic E-state index is 12.5. The van der Waals surface area contributed by atoms with Crippen molar-refractivity contribution in [3.05, 3.63) is 34.9 Å². The molecule has 0 amide bonds. The molecule has 1 aliphatic carbocycles. The monoisotopic (exact) mass is 371 g/mol. The van der Waals surface area contributed by atoms with Crippen LogP contribution in [0.4, 0.5) is 0 Å². The van der Waals surface area contributed by atoms with E-state index < -0.39 is 11.4 Å². The molecule has 0 aromatic heterocycles. The van der Waals surface area contributed by atoms with Crippen molar-refractivity contribution in [2.45, 2.75) is 64.5 Å². The number of nitrogens with one attached hydrogen (secondary N) is 1. The summed E-state index contributed by atoms with van der Waals surface area (Å²) in [6.45, 7) is 8.54. The van der Waals surface area contributed by atoms with Gasteiger partial charge in [0.15, 0.2) is 0 Å². The molecule has 0 spiro atoms. The molecule has 0 aliphatic heterocycles. The fourth-order valence-electron chi connectivity index (χ4n) is 3.65. The van der Waals surface area contributed by atoms with Crippen LogP contribution in [0.1, 0.15) is 52.5 Å². The second kappa shape index (κ2) is 8.41. The van der Waals surface area contributed by atoms with Gasteiger partial charge in [0.25, 0.3) is 0 Å². The van der Waals surface area contributed by atoms with Crippen molar-refractivity contribution in [1.29, 1.82) is 0 Å². The number of halogens is 1. The summed E-state index contributed by atoms with van der Waals surface area (Å²) >= 11 is 4.99. The largest absolute Gasteiger partial charge is 0.598 e. The molecule has 24 heavy (non-hydrogen) atoms. The van der Waals surface area contributed by atoms with E-state index in [9.17, 15) is 9.66 Å². The zero-order valence-electron chi connectivity index (χ0n) is 15.1. The molecule has 0 bridgehead atoms. The van der Waals surface area contributed by atoms with E-state index in [1.54, 1.807) is 0 Å². The molecular weight excluding hydrogens is 342 g/mol. The van der Waals surface area contributed by atoms with Crippen LogP contribution in [0.25, 0.3) is 0 Å². The van der Waals surface area contributed by atoms with Crippen LogP contribution in [0.2, 0.25) is 5.02 Å². The van der Waals surface area contributed by atoms with Gasteiger partial charge in [0.05, 0.1) is 12.1 Å². The van der Waals surface area contributed by atoms with Crippen molar-refractivity contribution in [2.75, 3.05) is 5.75 Å². The molecule has 0 radical (unpaired) electrons. The minimum absolute atomic E-state index is 0.0849. The van der Waals surface area contributed by atoms with E-state index in [0.29, 0.717) is 35.5 Å². The number of hydrogen-bond donors (Lipinski definition) is 2. The first kappa shape index (κ1) is 20.1. The van der Waals surface area contributed by atoms with Gasteiger partial charge in [0.1, 0.15) is 5.75 Å². The summed E-state index contributed by atoms with van der Waals surface area (Å²) < 4.78 is 15.9. The Morgan fingerprint density at radius 3 is 2.25 bits per heavy atom. The number of hydrogen-bond acceptors (Lipinski definition) is 3. The molecule has 2 atom stereocenters. The molecular formula is C19H30ClNO2S. The Balaban J connectivity index is 2.26. The second-order valence-corrected chi connectivity index (χ2v) is 9.63. The van der Waals surface area contributed by atoms with E-state index in [1.807, 2.05) is 12.1 Å². The lowest BCUT2D eigenvalue weighted by Crippen LogP contribution is -2.59. The zero-order chi connectivity index (χ0) is 17.9. The van der Waals surface area contributed by atoms with E-state index in [0.717, 1.165) is 6.42 Å². The van der Waals surface area contributed by atoms with Gasteiger partial charge in [-0.15, -0.1) is 4.72 Å². The van der Waals surface area contributed by atoms with Gasteiger partial charge >= 0.3 is 0 Å². The number of aliphatic hydroxyl groups is 1. The first-order chi connectivity index (χ1) is 11.2. The molecule has 1 unspecified atom stereocenters. The molecule has 0 heterocycles. The third-order valence-corrected chi connectivity index (χ3v) is 6.52. The van der Waals surface area contributed by atoms with E-state index in [4.69, 9.17) is 11.6 Å². The SMILES string of the molecule is CC(C)C[C@@H](N[S+]([O-])CC(C)C)C1(c2ccc(Cl)cc2)CC(O)C1. The van der Waals surface area contributed by atoms with Crippen LogP contribution in [0.5, 0.6) is 0 Å². The minimum Gasteiger partial charge on any atom is -0.598 e. The smallest absolute Gasteiger partial charge is 0.127 e. The maximum Gasteiger partial charge on any atom is 0.127 e. The Labute approximate surface area is 154 Å². The highest BCUT2D eigenvalue weighted by Crippen LogP contribution is 2.48. The highest BCUT2D eigenvalue weighted by atomic mass is 35.5. The van der Waals surface area contributed by atoms with Crippen LogP contribution >= 0.6 is 11.6 Å². The molecule has 3 nitrogen and oxygen atoms in total. The minimum atomic E-state index is -1.06. The van der Waals surface area contributed by atoms with Gasteiger partial charge in [0, 0.05) is 21.8 Å². The normalized spacial score (nSPS) is 26.5. The van der Waals surface area contributed by atoms with Crippen molar-refractivity contribution in [2.24, 2.45) is 11.8 Å². The summed E-state index contributed by atoms with van der Waals surface area (Å²) in [5.74, 6) is 1.52. The average molecular weight is 372 g/mol. The predicted molar refractivity (Wildman–Crippen MR) is 103 cm³/mol. The molecule has 136 valence electrons. The third-order valence-electron chi connectivity index (χ3n) is 4.75. The van der Waals surface area contributed by atoms with Crippen LogP contribution < -0.4 is 4.72 Å². The summed E-state index contributed by atoms with van der Waals surface area (Å²) in [4.78, 5) is 0. The van der Waals surface area contributed by atoms with Gasteiger partial charge in [-0.1, -0.05) is 51.4 Å². The molecule has 2 N–H and O–H groups in total. The summed E-state index contributed by atoms with van der Waals surface area (Å²) in [7, 11) is 0. The van der Waals surface area contributed by atoms with Crippen LogP contribution in [0.15, 0.2) is 24.3 Å². The Morgan fingerprint density at radius 1 is 1.21 bits per heavy atom. The molecule has 2 rings (SSSR count). The van der Waals surface area contributed by atoms with Crippen LogP contribution in [-0.4, -0.2) is 27.6 Å². The lowest BCUT2D eigenvalue weighted by Gasteiger charge is -2.51. The molecule has 1 aliphatic rings. The molecule has 1 saturated carbocycles. The topological polar surface area (TPSA) is 55.3 Å². The van der Waals surface area contributed by atoms with Crippen LogP contribution in [-0.2, 0) is 16.8 Å². The van der Waals surface area contributed by atoms with Gasteiger partial charge < -0.3 is 9.66 Å². The van der Waals surface area contributed by atoms with Crippen molar-refractivity contribution in [3.8, 4) is 0 Å². The van der Waals surface area contributed by atoms with Crippen molar-refractivity contribution in [3.63, 3.8) is 0 Å². The maximum absolute atomic E-state index is 12.5. The zero-order valence-corrected chi connectivity index (χ0v) is 16.7. The highest BCUT2D eigenvalue weighted by molar-refractivity contribution is 7.89. The quantitative estimate of drug-likeness (QED) is 0.677. The number of rotatable bonds is 8. The fraction of sp³-hybridized carbons (Fsp3) is 0.684. The molecule has 0 saturated heterocycles. The van der Waals surface area contributed by atoms with Crippen LogP contribution in [0.3, 0.4) is 0 Å². The van der Waals surface area contributed by atoms with Crippen molar-refractivity contribution >= 4 is 23.0 Å². The van der Waals surface area contributed by atoms with Gasteiger partial charge in [-0.25, -0.2) is 0 Å². The summed E-state index contributed by atoms with van der Waals surface area (Å²) in [6, 6.07) is 7.99. The second-order valence-electron chi connectivity index (χ2n) is 7.93. The highest BCUT2D eigenvalue weighted by Gasteiger charge is 2.51. The van der Waals surface area contributed by atoms with E-state index in [-0.39, 0.29) is 17.6 Å². The van der Waals surface area contributed by atoms with Crippen molar-refractivity contribution < 1.29 is 9.66 Å².